The number of aromatic nitrogens is 1. The molecule has 0 aromatic carbocycles. The molecule has 0 amide bonds. The van der Waals surface area contributed by atoms with E-state index in [1.54, 1.807) is 16.7 Å². The molecule has 0 unspecified atom stereocenters. The van der Waals surface area contributed by atoms with Crippen LogP contribution in [-0.2, 0) is 6.54 Å². The van der Waals surface area contributed by atoms with E-state index in [2.05, 4.69) is 0 Å². The number of hydrogen-bond donors (Lipinski definition) is 1. The summed E-state index contributed by atoms with van der Waals surface area (Å²) in [5.74, 6) is 0. The maximum absolute atomic E-state index is 11.6. The van der Waals surface area contributed by atoms with Crippen molar-refractivity contribution in [1.29, 1.82) is 0 Å². The second-order valence-electron chi connectivity index (χ2n) is 5.01. The third kappa shape index (κ3) is 3.66. The van der Waals surface area contributed by atoms with E-state index < -0.39 is 0 Å². The van der Waals surface area contributed by atoms with Gasteiger partial charge in [0.2, 0.25) is 0 Å². The van der Waals surface area contributed by atoms with Gasteiger partial charge in [0.25, 0.3) is 5.56 Å². The van der Waals surface area contributed by atoms with E-state index in [1.807, 2.05) is 26.8 Å². The molecule has 0 spiro atoms. The van der Waals surface area contributed by atoms with Crippen molar-refractivity contribution in [1.82, 2.24) is 4.57 Å². The van der Waals surface area contributed by atoms with Crippen molar-refractivity contribution in [2.24, 2.45) is 11.1 Å². The Balaban J connectivity index is 2.64. The molecule has 1 heterocycles. The summed E-state index contributed by atoms with van der Waals surface area (Å²) in [6.07, 6.45) is 1.79. The highest BCUT2D eigenvalue weighted by atomic mass is 32.1. The van der Waals surface area contributed by atoms with Crippen molar-refractivity contribution in [2.75, 3.05) is 0 Å². The van der Waals surface area contributed by atoms with Gasteiger partial charge in [-0.1, -0.05) is 32.1 Å². The summed E-state index contributed by atoms with van der Waals surface area (Å²) in [6, 6.07) is 5.32. The molecular formula is C13H20N2OS. The minimum atomic E-state index is -0.137. The predicted octanol–water partition coefficient (Wildman–Crippen LogP) is 2.25. The molecule has 0 saturated carbocycles. The first-order valence-electron chi connectivity index (χ1n) is 5.81. The van der Waals surface area contributed by atoms with Crippen LogP contribution < -0.4 is 11.3 Å². The lowest BCUT2D eigenvalue weighted by Crippen LogP contribution is -2.30. The van der Waals surface area contributed by atoms with Gasteiger partial charge in [-0.15, -0.1) is 0 Å². The summed E-state index contributed by atoms with van der Waals surface area (Å²) in [5, 5.41) is 0. The number of pyridine rings is 1. The fourth-order valence-electron chi connectivity index (χ4n) is 1.71. The van der Waals surface area contributed by atoms with Gasteiger partial charge in [-0.3, -0.25) is 4.79 Å². The van der Waals surface area contributed by atoms with Crippen molar-refractivity contribution in [3.8, 4) is 0 Å². The van der Waals surface area contributed by atoms with Crippen LogP contribution in [0.4, 0.5) is 0 Å². The predicted molar refractivity (Wildman–Crippen MR) is 75.2 cm³/mol. The van der Waals surface area contributed by atoms with Crippen LogP contribution in [0.2, 0.25) is 0 Å². The van der Waals surface area contributed by atoms with Crippen LogP contribution in [0.3, 0.4) is 0 Å². The van der Waals surface area contributed by atoms with Gasteiger partial charge in [0.1, 0.15) is 0 Å². The third-order valence-corrected chi connectivity index (χ3v) is 3.67. The monoisotopic (exact) mass is 252 g/mol. The van der Waals surface area contributed by atoms with Crippen LogP contribution in [0.1, 0.15) is 32.4 Å². The van der Waals surface area contributed by atoms with Gasteiger partial charge in [-0.25, -0.2) is 0 Å². The van der Waals surface area contributed by atoms with Crippen LogP contribution in [0.5, 0.6) is 0 Å². The molecule has 0 bridgehead atoms. The Morgan fingerprint density at radius 2 is 2.12 bits per heavy atom. The third-order valence-electron chi connectivity index (χ3n) is 3.12. The molecule has 4 heteroatoms. The molecule has 0 atom stereocenters. The maximum Gasteiger partial charge on any atom is 0.250 e. The number of thiocarbonyl (C=S) groups is 1. The highest BCUT2D eigenvalue weighted by molar-refractivity contribution is 7.80. The zero-order valence-electron chi connectivity index (χ0n) is 10.7. The summed E-state index contributed by atoms with van der Waals surface area (Å²) >= 11 is 5.02. The molecule has 1 rings (SSSR count). The summed E-state index contributed by atoms with van der Waals surface area (Å²) in [7, 11) is 0. The van der Waals surface area contributed by atoms with Gasteiger partial charge >= 0.3 is 0 Å². The molecule has 3 nitrogen and oxygen atoms in total. The molecule has 0 saturated heterocycles. The van der Waals surface area contributed by atoms with Gasteiger partial charge in [0, 0.05) is 23.7 Å². The molecule has 0 aliphatic rings. The molecule has 1 aromatic rings. The van der Waals surface area contributed by atoms with E-state index >= 15 is 0 Å². The minimum absolute atomic E-state index is 0.0538. The van der Waals surface area contributed by atoms with Crippen LogP contribution in [0.15, 0.2) is 23.0 Å². The Morgan fingerprint density at radius 1 is 1.47 bits per heavy atom. The lowest BCUT2D eigenvalue weighted by molar-refractivity contribution is 0.431. The largest absolute Gasteiger partial charge is 0.393 e. The standard InChI is InChI=1S/C13H20N2OS/c1-10-6-4-7-11(16)15(10)9-5-8-13(2,3)12(14)17/h4,6-7H,5,8-9H2,1-3H3,(H2,14,17). The quantitative estimate of drug-likeness (QED) is 0.818. The van der Waals surface area contributed by atoms with Crippen molar-refractivity contribution in [2.45, 2.75) is 40.2 Å². The van der Waals surface area contributed by atoms with Gasteiger partial charge < -0.3 is 10.3 Å². The summed E-state index contributed by atoms with van der Waals surface area (Å²) in [4.78, 5) is 12.2. The first kappa shape index (κ1) is 13.9. The molecule has 2 N–H and O–H groups in total. The van der Waals surface area contributed by atoms with E-state index in [4.69, 9.17) is 18.0 Å². The van der Waals surface area contributed by atoms with E-state index in [1.165, 1.54) is 0 Å². The van der Waals surface area contributed by atoms with E-state index in [0.29, 0.717) is 4.99 Å². The fourth-order valence-corrected chi connectivity index (χ4v) is 1.81. The molecule has 1 aromatic heterocycles. The zero-order chi connectivity index (χ0) is 13.1. The summed E-state index contributed by atoms with van der Waals surface area (Å²) in [5.41, 5.74) is 6.58. The van der Waals surface area contributed by atoms with Crippen LogP contribution in [-0.4, -0.2) is 9.56 Å². The zero-order valence-corrected chi connectivity index (χ0v) is 11.5. The van der Waals surface area contributed by atoms with Crippen LogP contribution >= 0.6 is 12.2 Å². The Morgan fingerprint density at radius 3 is 2.65 bits per heavy atom. The highest BCUT2D eigenvalue weighted by Gasteiger charge is 2.20. The lowest BCUT2D eigenvalue weighted by atomic mass is 9.88. The Labute approximate surface area is 108 Å². The Bertz CT molecular complexity index is 463. The number of rotatable bonds is 5. The number of hydrogen-bond acceptors (Lipinski definition) is 2. The minimum Gasteiger partial charge on any atom is -0.393 e. The number of nitrogens with two attached hydrogens (primary N) is 1. The van der Waals surface area contributed by atoms with Crippen molar-refractivity contribution < 1.29 is 0 Å². The van der Waals surface area contributed by atoms with Crippen LogP contribution in [0, 0.1) is 12.3 Å². The van der Waals surface area contributed by atoms with Crippen molar-refractivity contribution >= 4 is 17.2 Å². The Hall–Kier alpha value is -1.16. The second kappa shape index (κ2) is 5.45. The summed E-state index contributed by atoms with van der Waals surface area (Å²) in [6.45, 7) is 6.74. The van der Waals surface area contributed by atoms with Gasteiger partial charge in [0.15, 0.2) is 0 Å². The lowest BCUT2D eigenvalue weighted by Gasteiger charge is -2.23. The average molecular weight is 252 g/mol. The van der Waals surface area contributed by atoms with Gasteiger partial charge in [-0.2, -0.15) is 0 Å². The SMILES string of the molecule is Cc1cccc(=O)n1CCCC(C)(C)C(N)=S. The molecule has 0 radical (unpaired) electrons. The topological polar surface area (TPSA) is 48.0 Å². The molecule has 0 fully saturated rings. The molecule has 17 heavy (non-hydrogen) atoms. The smallest absolute Gasteiger partial charge is 0.250 e. The molecule has 0 aliphatic heterocycles. The van der Waals surface area contributed by atoms with Crippen LogP contribution in [0.25, 0.3) is 0 Å². The maximum atomic E-state index is 11.6. The number of nitrogens with zero attached hydrogens (tertiary/aromatic N) is 1. The summed E-state index contributed by atoms with van der Waals surface area (Å²) < 4.78 is 1.79. The van der Waals surface area contributed by atoms with E-state index in [0.717, 1.165) is 25.1 Å². The Kier molecular flexibility index (Phi) is 4.46. The van der Waals surface area contributed by atoms with E-state index in [9.17, 15) is 4.79 Å². The normalized spacial score (nSPS) is 11.5. The van der Waals surface area contributed by atoms with E-state index in [-0.39, 0.29) is 11.0 Å². The first-order valence-corrected chi connectivity index (χ1v) is 6.22. The fraction of sp³-hybridized carbons (Fsp3) is 0.538. The second-order valence-corrected chi connectivity index (χ2v) is 5.45. The highest BCUT2D eigenvalue weighted by Crippen LogP contribution is 2.22. The van der Waals surface area contributed by atoms with Crippen molar-refractivity contribution in [3.63, 3.8) is 0 Å². The first-order chi connectivity index (χ1) is 7.84. The molecule has 94 valence electrons. The molecule has 0 aliphatic carbocycles. The van der Waals surface area contributed by atoms with Gasteiger partial charge in [-0.05, 0) is 25.8 Å². The van der Waals surface area contributed by atoms with Gasteiger partial charge in [0.05, 0.1) is 4.99 Å². The molecular weight excluding hydrogens is 232 g/mol. The average Bonchev–Trinajstić information content (AvgIpc) is 2.22. The number of aryl methyl sites for hydroxylation is 1. The van der Waals surface area contributed by atoms with Crippen molar-refractivity contribution in [3.05, 3.63) is 34.2 Å².